The molecule has 0 aliphatic rings. The Morgan fingerprint density at radius 1 is 0.865 bits per heavy atom. The van der Waals surface area contributed by atoms with E-state index in [-0.39, 0.29) is 64.9 Å². The third-order valence-corrected chi connectivity index (χ3v) is 7.02. The molecule has 0 saturated carbocycles. The SMILES string of the molecule is C/C(=C\CSCC(NC(=O)COCC(=O)[O-])C(=O)[O-])CCCC(C)CCCC(C)CCCC(C)C.[Na+].[Na+]. The van der Waals surface area contributed by atoms with Gasteiger partial charge in [0, 0.05) is 11.5 Å². The molecule has 0 saturated heterocycles. The van der Waals surface area contributed by atoms with Gasteiger partial charge in [0.05, 0.1) is 24.6 Å². The summed E-state index contributed by atoms with van der Waals surface area (Å²) in [5.74, 6) is -0.351. The molecular weight excluding hydrogens is 512 g/mol. The number of carboxylic acids is 2. The summed E-state index contributed by atoms with van der Waals surface area (Å²) in [6.07, 6.45) is 13.5. The second-order valence-electron chi connectivity index (χ2n) is 10.3. The van der Waals surface area contributed by atoms with E-state index in [1.807, 2.05) is 0 Å². The Morgan fingerprint density at radius 3 is 1.92 bits per heavy atom. The molecule has 0 aromatic heterocycles. The molecule has 0 radical (unpaired) electrons. The Labute approximate surface area is 273 Å². The summed E-state index contributed by atoms with van der Waals surface area (Å²) in [7, 11) is 0. The van der Waals surface area contributed by atoms with E-state index in [0.717, 1.165) is 30.6 Å². The van der Waals surface area contributed by atoms with Crippen LogP contribution in [0.5, 0.6) is 0 Å². The Morgan fingerprint density at radius 2 is 1.41 bits per heavy atom. The first-order valence-electron chi connectivity index (χ1n) is 13.0. The quantitative estimate of drug-likeness (QED) is 0.0860. The van der Waals surface area contributed by atoms with Gasteiger partial charge in [-0.15, -0.1) is 0 Å². The van der Waals surface area contributed by atoms with Gasteiger partial charge in [-0.3, -0.25) is 4.79 Å². The van der Waals surface area contributed by atoms with Crippen molar-refractivity contribution in [3.8, 4) is 0 Å². The number of ether oxygens (including phenoxy) is 1. The number of carboxylic acid groups (broad SMARTS) is 2. The Bertz CT molecular complexity index is 648. The first-order chi connectivity index (χ1) is 16.5. The van der Waals surface area contributed by atoms with E-state index in [0.29, 0.717) is 5.75 Å². The van der Waals surface area contributed by atoms with Crippen LogP contribution < -0.4 is 74.6 Å². The number of hydrogen-bond acceptors (Lipinski definition) is 7. The number of carbonyl (C=O) groups excluding carboxylic acids is 3. The van der Waals surface area contributed by atoms with Gasteiger partial charge in [-0.25, -0.2) is 0 Å². The molecule has 204 valence electrons. The van der Waals surface area contributed by atoms with Crippen molar-refractivity contribution in [3.63, 3.8) is 0 Å². The number of aliphatic carboxylic acids is 2. The molecule has 37 heavy (non-hydrogen) atoms. The molecule has 0 aliphatic carbocycles. The van der Waals surface area contributed by atoms with Crippen molar-refractivity contribution in [1.82, 2.24) is 5.32 Å². The zero-order valence-electron chi connectivity index (χ0n) is 24.4. The number of rotatable bonds is 22. The number of amides is 1. The maximum atomic E-state index is 11.7. The average molecular weight is 560 g/mol. The van der Waals surface area contributed by atoms with Crippen LogP contribution in [0.2, 0.25) is 0 Å². The first kappa shape index (κ1) is 41.9. The van der Waals surface area contributed by atoms with E-state index in [1.165, 1.54) is 62.3 Å². The van der Waals surface area contributed by atoms with Gasteiger partial charge in [0.15, 0.2) is 0 Å². The fraction of sp³-hybridized carbons (Fsp3) is 0.815. The molecule has 3 atom stereocenters. The van der Waals surface area contributed by atoms with Gasteiger partial charge >= 0.3 is 59.1 Å². The van der Waals surface area contributed by atoms with Crippen LogP contribution in [0.4, 0.5) is 0 Å². The number of allylic oxidation sites excluding steroid dienone is 1. The van der Waals surface area contributed by atoms with Gasteiger partial charge in [-0.1, -0.05) is 84.3 Å². The summed E-state index contributed by atoms with van der Waals surface area (Å²) in [4.78, 5) is 33.2. The molecule has 0 rings (SSSR count). The van der Waals surface area contributed by atoms with E-state index >= 15 is 0 Å². The molecule has 0 aromatic carbocycles. The predicted molar refractivity (Wildman–Crippen MR) is 139 cm³/mol. The number of carbonyl (C=O) groups is 3. The maximum absolute atomic E-state index is 11.7. The Balaban J connectivity index is -0.00000578. The van der Waals surface area contributed by atoms with Crippen LogP contribution in [0.15, 0.2) is 11.6 Å². The van der Waals surface area contributed by atoms with Crippen LogP contribution in [-0.4, -0.2) is 48.6 Å². The molecule has 0 bridgehead atoms. The van der Waals surface area contributed by atoms with E-state index in [4.69, 9.17) is 0 Å². The van der Waals surface area contributed by atoms with Crippen molar-refractivity contribution in [2.75, 3.05) is 24.7 Å². The van der Waals surface area contributed by atoms with Crippen molar-refractivity contribution in [2.45, 2.75) is 98.4 Å². The van der Waals surface area contributed by atoms with Crippen LogP contribution in [0.3, 0.4) is 0 Å². The van der Waals surface area contributed by atoms with Gasteiger partial charge < -0.3 is 29.9 Å². The fourth-order valence-electron chi connectivity index (χ4n) is 3.83. The molecule has 3 unspecified atom stereocenters. The summed E-state index contributed by atoms with van der Waals surface area (Å²) >= 11 is 1.39. The van der Waals surface area contributed by atoms with Gasteiger partial charge in [0.2, 0.25) is 5.91 Å². The van der Waals surface area contributed by atoms with Gasteiger partial charge in [-0.05, 0) is 37.5 Å². The third-order valence-electron chi connectivity index (χ3n) is 6.05. The van der Waals surface area contributed by atoms with E-state index in [9.17, 15) is 24.6 Å². The monoisotopic (exact) mass is 559 g/mol. The number of thioether (sulfide) groups is 1. The van der Waals surface area contributed by atoms with Crippen molar-refractivity contribution < 1.29 is 88.4 Å². The second kappa shape index (κ2) is 26.7. The predicted octanol–water partition coefficient (Wildman–Crippen LogP) is -2.89. The molecule has 0 aromatic rings. The molecule has 0 heterocycles. The van der Waals surface area contributed by atoms with Crippen LogP contribution in [0.25, 0.3) is 0 Å². The van der Waals surface area contributed by atoms with Gasteiger partial charge in [0.1, 0.15) is 6.61 Å². The van der Waals surface area contributed by atoms with Gasteiger partial charge in [-0.2, -0.15) is 11.8 Å². The smallest absolute Gasteiger partial charge is 0.548 e. The summed E-state index contributed by atoms with van der Waals surface area (Å²) in [5.41, 5.74) is 1.29. The minimum Gasteiger partial charge on any atom is -0.548 e. The first-order valence-corrected chi connectivity index (χ1v) is 14.2. The third kappa shape index (κ3) is 27.8. The average Bonchev–Trinajstić information content (AvgIpc) is 2.75. The summed E-state index contributed by atoms with van der Waals surface area (Å²) in [6.45, 7) is 10.1. The number of nitrogens with one attached hydrogen (secondary N) is 1. The topological polar surface area (TPSA) is 119 Å². The second-order valence-corrected chi connectivity index (χ2v) is 11.3. The molecule has 7 nitrogen and oxygen atoms in total. The van der Waals surface area contributed by atoms with Gasteiger partial charge in [0.25, 0.3) is 0 Å². The fourth-order valence-corrected chi connectivity index (χ4v) is 4.82. The molecule has 0 spiro atoms. The summed E-state index contributed by atoms with van der Waals surface area (Å²) in [5, 5.41) is 23.8. The molecule has 10 heteroatoms. The van der Waals surface area contributed by atoms with Crippen molar-refractivity contribution in [3.05, 3.63) is 11.6 Å². The van der Waals surface area contributed by atoms with Crippen LogP contribution in [0, 0.1) is 17.8 Å². The van der Waals surface area contributed by atoms with E-state index < -0.39 is 37.1 Å². The zero-order valence-corrected chi connectivity index (χ0v) is 29.3. The molecule has 1 N–H and O–H groups in total. The molecule has 1 amide bonds. The normalized spacial score (nSPS) is 13.7. The minimum atomic E-state index is -1.45. The maximum Gasteiger partial charge on any atom is 1.00 e. The van der Waals surface area contributed by atoms with E-state index in [2.05, 4.69) is 50.7 Å². The largest absolute Gasteiger partial charge is 1.00 e. The number of hydrogen-bond donors (Lipinski definition) is 1. The Hall–Kier alpha value is 0.460. The van der Waals surface area contributed by atoms with E-state index in [1.54, 1.807) is 0 Å². The van der Waals surface area contributed by atoms with Crippen molar-refractivity contribution >= 4 is 29.6 Å². The van der Waals surface area contributed by atoms with Crippen LogP contribution in [0.1, 0.15) is 92.4 Å². The molecule has 0 fully saturated rings. The Kier molecular flexibility index (Phi) is 30.2. The standard InChI is InChI=1S/C27H49NO6S.2Na/c1-20(2)9-6-10-21(3)11-7-12-22(4)13-8-14-23(5)15-16-35-19-24(27(32)33)28-25(29)17-34-18-26(30)31;;/h15,20-22,24H,6-14,16-19H2,1-5H3,(H,28,29)(H,30,31)(H,32,33);;/q;2*+1/p-2/b23-15+;;. The summed E-state index contributed by atoms with van der Waals surface area (Å²) in [6, 6.07) is -1.16. The molecule has 0 aliphatic heterocycles. The minimum absolute atomic E-state index is 0. The van der Waals surface area contributed by atoms with Crippen LogP contribution >= 0.6 is 11.8 Å². The van der Waals surface area contributed by atoms with Crippen molar-refractivity contribution in [2.24, 2.45) is 17.8 Å². The van der Waals surface area contributed by atoms with Crippen molar-refractivity contribution in [1.29, 1.82) is 0 Å². The molecular formula is C27H47NNa2O6S. The summed E-state index contributed by atoms with van der Waals surface area (Å²) < 4.78 is 4.60. The zero-order chi connectivity index (χ0) is 26.6. The van der Waals surface area contributed by atoms with Crippen LogP contribution in [-0.2, 0) is 19.1 Å².